The average molecular weight is 457 g/mol. The minimum absolute atomic E-state index is 0.0143. The van der Waals surface area contributed by atoms with Gasteiger partial charge in [-0.2, -0.15) is 0 Å². The molecular formula is C18H18BrFN2O4S. The van der Waals surface area contributed by atoms with Gasteiger partial charge in [-0.15, -0.1) is 0 Å². The van der Waals surface area contributed by atoms with Crippen LogP contribution in [-0.4, -0.2) is 33.5 Å². The number of rotatable bonds is 8. The summed E-state index contributed by atoms with van der Waals surface area (Å²) in [5.74, 6) is -0.286. The predicted octanol–water partition coefficient (Wildman–Crippen LogP) is 2.84. The lowest BCUT2D eigenvalue weighted by molar-refractivity contribution is 0.0946. The smallest absolute Gasteiger partial charge is 0.252 e. The number of hydrogen-bond acceptors (Lipinski definition) is 4. The molecule has 0 aromatic heterocycles. The number of carbonyl (C=O) groups is 1. The molecular weight excluding hydrogens is 439 g/mol. The standard InChI is InChI=1S/C18H18BrFN2O4S/c19-17-8-7-15(27(24,25)22-13-3-4-13)11-16(17)18(23)21-9-10-26-14-5-1-12(20)2-6-14/h1-2,5-8,11,13,22H,3-4,9-10H2,(H,21,23). The third kappa shape index (κ3) is 5.50. The summed E-state index contributed by atoms with van der Waals surface area (Å²) < 4.78 is 45.9. The van der Waals surface area contributed by atoms with Crippen molar-refractivity contribution in [2.75, 3.05) is 13.2 Å². The molecule has 1 amide bonds. The Morgan fingerprint density at radius 3 is 2.56 bits per heavy atom. The summed E-state index contributed by atoms with van der Waals surface area (Å²) >= 11 is 3.27. The average Bonchev–Trinajstić information content (AvgIpc) is 3.43. The summed E-state index contributed by atoms with van der Waals surface area (Å²) in [5.41, 5.74) is 0.218. The second-order valence-electron chi connectivity index (χ2n) is 6.10. The summed E-state index contributed by atoms with van der Waals surface area (Å²) in [6, 6.07) is 9.86. The van der Waals surface area contributed by atoms with E-state index in [2.05, 4.69) is 26.0 Å². The Kier molecular flexibility index (Phi) is 6.13. The molecule has 1 fully saturated rings. The molecule has 2 aromatic carbocycles. The lowest BCUT2D eigenvalue weighted by atomic mass is 10.2. The van der Waals surface area contributed by atoms with Crippen LogP contribution in [0.1, 0.15) is 23.2 Å². The highest BCUT2D eigenvalue weighted by Crippen LogP contribution is 2.25. The minimum Gasteiger partial charge on any atom is -0.492 e. The first kappa shape index (κ1) is 19.8. The predicted molar refractivity (Wildman–Crippen MR) is 102 cm³/mol. The first-order valence-corrected chi connectivity index (χ1v) is 10.6. The SMILES string of the molecule is O=C(NCCOc1ccc(F)cc1)c1cc(S(=O)(=O)NC2CC2)ccc1Br. The van der Waals surface area contributed by atoms with Crippen molar-refractivity contribution in [1.82, 2.24) is 10.0 Å². The summed E-state index contributed by atoms with van der Waals surface area (Å²) in [4.78, 5) is 12.4. The van der Waals surface area contributed by atoms with Gasteiger partial charge in [0.25, 0.3) is 5.91 Å². The number of carbonyl (C=O) groups excluding carboxylic acids is 1. The van der Waals surface area contributed by atoms with E-state index in [0.717, 1.165) is 12.8 Å². The quantitative estimate of drug-likeness (QED) is 0.598. The van der Waals surface area contributed by atoms with Gasteiger partial charge in [0, 0.05) is 10.5 Å². The Labute approximate surface area is 165 Å². The summed E-state index contributed by atoms with van der Waals surface area (Å²) in [6.45, 7) is 0.399. The molecule has 1 aliphatic rings. The van der Waals surface area contributed by atoms with Gasteiger partial charge in [0.05, 0.1) is 17.0 Å². The van der Waals surface area contributed by atoms with Crippen molar-refractivity contribution >= 4 is 31.9 Å². The maximum absolute atomic E-state index is 12.8. The van der Waals surface area contributed by atoms with Gasteiger partial charge in [0.2, 0.25) is 10.0 Å². The number of nitrogens with one attached hydrogen (secondary N) is 2. The third-order valence-corrected chi connectivity index (χ3v) is 6.07. The van der Waals surface area contributed by atoms with E-state index in [1.165, 1.54) is 42.5 Å². The Balaban J connectivity index is 1.58. The fourth-order valence-electron chi connectivity index (χ4n) is 2.29. The number of hydrogen-bond donors (Lipinski definition) is 2. The second kappa shape index (κ2) is 8.37. The van der Waals surface area contributed by atoms with Gasteiger partial charge in [-0.1, -0.05) is 0 Å². The Bertz CT molecular complexity index is 931. The molecule has 0 aliphatic heterocycles. The van der Waals surface area contributed by atoms with Crippen LogP contribution >= 0.6 is 15.9 Å². The summed E-state index contributed by atoms with van der Waals surface area (Å²) in [5, 5.41) is 2.67. The van der Waals surface area contributed by atoms with Crippen LogP contribution in [0, 0.1) is 5.82 Å². The van der Waals surface area contributed by atoms with Crippen LogP contribution in [0.5, 0.6) is 5.75 Å². The number of sulfonamides is 1. The molecule has 144 valence electrons. The molecule has 0 spiro atoms. The molecule has 1 saturated carbocycles. The molecule has 0 saturated heterocycles. The largest absolute Gasteiger partial charge is 0.492 e. The molecule has 6 nitrogen and oxygen atoms in total. The number of halogens is 2. The van der Waals surface area contributed by atoms with Crippen molar-refractivity contribution in [2.24, 2.45) is 0 Å². The van der Waals surface area contributed by atoms with E-state index in [1.54, 1.807) is 0 Å². The third-order valence-electron chi connectivity index (χ3n) is 3.86. The fourth-order valence-corrected chi connectivity index (χ4v) is 4.05. The highest BCUT2D eigenvalue weighted by molar-refractivity contribution is 9.10. The Morgan fingerprint density at radius 1 is 1.19 bits per heavy atom. The topological polar surface area (TPSA) is 84.5 Å². The molecule has 0 bridgehead atoms. The van der Waals surface area contributed by atoms with Gasteiger partial charge >= 0.3 is 0 Å². The zero-order valence-electron chi connectivity index (χ0n) is 14.2. The van der Waals surface area contributed by atoms with Crippen LogP contribution < -0.4 is 14.8 Å². The number of amides is 1. The van der Waals surface area contributed by atoms with E-state index in [0.29, 0.717) is 10.2 Å². The van der Waals surface area contributed by atoms with E-state index in [4.69, 9.17) is 4.74 Å². The Hall–Kier alpha value is -1.97. The highest BCUT2D eigenvalue weighted by atomic mass is 79.9. The van der Waals surface area contributed by atoms with Gasteiger partial charge in [0.1, 0.15) is 18.2 Å². The monoisotopic (exact) mass is 456 g/mol. The van der Waals surface area contributed by atoms with Gasteiger partial charge in [-0.3, -0.25) is 4.79 Å². The van der Waals surface area contributed by atoms with E-state index in [1.807, 2.05) is 0 Å². The second-order valence-corrected chi connectivity index (χ2v) is 8.66. The maximum Gasteiger partial charge on any atom is 0.252 e. The minimum atomic E-state index is -3.64. The van der Waals surface area contributed by atoms with Crippen molar-refractivity contribution in [3.63, 3.8) is 0 Å². The van der Waals surface area contributed by atoms with Crippen molar-refractivity contribution in [3.8, 4) is 5.75 Å². The summed E-state index contributed by atoms with van der Waals surface area (Å²) in [6.07, 6.45) is 1.66. The molecule has 0 heterocycles. The molecule has 9 heteroatoms. The zero-order chi connectivity index (χ0) is 19.4. The lowest BCUT2D eigenvalue weighted by Crippen LogP contribution is -2.29. The highest BCUT2D eigenvalue weighted by Gasteiger charge is 2.28. The van der Waals surface area contributed by atoms with Crippen LogP contribution in [0.2, 0.25) is 0 Å². The molecule has 0 radical (unpaired) electrons. The molecule has 3 rings (SSSR count). The van der Waals surface area contributed by atoms with Gasteiger partial charge in [-0.25, -0.2) is 17.5 Å². The first-order valence-electron chi connectivity index (χ1n) is 8.33. The molecule has 0 atom stereocenters. The first-order chi connectivity index (χ1) is 12.8. The van der Waals surface area contributed by atoms with Crippen molar-refractivity contribution < 1.29 is 22.3 Å². The van der Waals surface area contributed by atoms with Gasteiger partial charge in [-0.05, 0) is 71.2 Å². The van der Waals surface area contributed by atoms with Gasteiger partial charge < -0.3 is 10.1 Å². The number of ether oxygens (including phenoxy) is 1. The van der Waals surface area contributed by atoms with Gasteiger partial charge in [0.15, 0.2) is 0 Å². The van der Waals surface area contributed by atoms with Crippen molar-refractivity contribution in [3.05, 3.63) is 58.3 Å². The Morgan fingerprint density at radius 2 is 1.89 bits per heavy atom. The molecule has 1 aliphatic carbocycles. The van der Waals surface area contributed by atoms with E-state index >= 15 is 0 Å². The van der Waals surface area contributed by atoms with Crippen molar-refractivity contribution in [2.45, 2.75) is 23.8 Å². The van der Waals surface area contributed by atoms with E-state index in [9.17, 15) is 17.6 Å². The molecule has 2 N–H and O–H groups in total. The van der Waals surface area contributed by atoms with Crippen molar-refractivity contribution in [1.29, 1.82) is 0 Å². The van der Waals surface area contributed by atoms with Crippen LogP contribution in [0.4, 0.5) is 4.39 Å². The molecule has 0 unspecified atom stereocenters. The molecule has 27 heavy (non-hydrogen) atoms. The zero-order valence-corrected chi connectivity index (χ0v) is 16.6. The molecule has 2 aromatic rings. The number of benzene rings is 2. The van der Waals surface area contributed by atoms with Crippen LogP contribution in [-0.2, 0) is 10.0 Å². The van der Waals surface area contributed by atoms with E-state index < -0.39 is 15.9 Å². The van der Waals surface area contributed by atoms with E-state index in [-0.39, 0.29) is 35.5 Å². The summed E-state index contributed by atoms with van der Waals surface area (Å²) in [7, 11) is -3.64. The fraction of sp³-hybridized carbons (Fsp3) is 0.278. The van der Waals surface area contributed by atoms with Crippen LogP contribution in [0.25, 0.3) is 0 Å². The van der Waals surface area contributed by atoms with Crippen LogP contribution in [0.3, 0.4) is 0 Å². The lowest BCUT2D eigenvalue weighted by Gasteiger charge is -2.11. The maximum atomic E-state index is 12.8. The normalized spacial score (nSPS) is 14.0. The van der Waals surface area contributed by atoms with Crippen LogP contribution in [0.15, 0.2) is 51.8 Å².